The summed E-state index contributed by atoms with van der Waals surface area (Å²) in [4.78, 5) is 20.7. The molecule has 0 aromatic carbocycles. The third kappa shape index (κ3) is 3.33. The van der Waals surface area contributed by atoms with Crippen LogP contribution in [-0.2, 0) is 19.6 Å². The molecule has 2 aromatic heterocycles. The first-order chi connectivity index (χ1) is 14.2. The van der Waals surface area contributed by atoms with Crippen molar-refractivity contribution >= 4 is 6.03 Å². The lowest BCUT2D eigenvalue weighted by Gasteiger charge is -2.59. The van der Waals surface area contributed by atoms with Crippen molar-refractivity contribution in [1.82, 2.24) is 34.8 Å². The third-order valence-electron chi connectivity index (χ3n) is 6.81. The van der Waals surface area contributed by atoms with Crippen LogP contribution in [-0.4, -0.2) is 67.0 Å². The Kier molecular flexibility index (Phi) is 4.33. The zero-order chi connectivity index (χ0) is 21.1. The number of amides is 2. The van der Waals surface area contributed by atoms with Gasteiger partial charge in [-0.05, 0) is 37.7 Å². The van der Waals surface area contributed by atoms with Gasteiger partial charge in [0.1, 0.15) is 12.2 Å². The molecular weight excluding hydrogens is 399 g/mol. The van der Waals surface area contributed by atoms with Crippen molar-refractivity contribution in [2.24, 2.45) is 18.4 Å². The van der Waals surface area contributed by atoms with E-state index >= 15 is 0 Å². The molecule has 162 valence electrons. The molecule has 1 N–H and O–H groups in total. The van der Waals surface area contributed by atoms with Gasteiger partial charge in [0, 0.05) is 50.3 Å². The molecular formula is C19H24F3N7O. The van der Waals surface area contributed by atoms with Crippen molar-refractivity contribution < 1.29 is 18.0 Å². The van der Waals surface area contributed by atoms with Crippen LogP contribution in [0, 0.1) is 11.3 Å². The second-order valence-corrected chi connectivity index (χ2v) is 9.06. The summed E-state index contributed by atoms with van der Waals surface area (Å²) in [6, 6.07) is 1.23. The normalized spacial score (nSPS) is 23.7. The van der Waals surface area contributed by atoms with E-state index in [0.717, 1.165) is 50.8 Å². The minimum absolute atomic E-state index is 0.0764. The number of aryl methyl sites for hydroxylation is 1. The van der Waals surface area contributed by atoms with Crippen molar-refractivity contribution in [3.05, 3.63) is 29.6 Å². The molecule has 1 atom stereocenters. The van der Waals surface area contributed by atoms with Gasteiger partial charge in [0.25, 0.3) is 0 Å². The van der Waals surface area contributed by atoms with Crippen LogP contribution in [0.2, 0.25) is 0 Å². The van der Waals surface area contributed by atoms with E-state index in [-0.39, 0.29) is 17.4 Å². The summed E-state index contributed by atoms with van der Waals surface area (Å²) in [6.45, 7) is 2.86. The summed E-state index contributed by atoms with van der Waals surface area (Å²) in [5.74, 6) is 1.39. The Bertz CT molecular complexity index is 925. The molecule has 0 radical (unpaired) electrons. The van der Waals surface area contributed by atoms with Gasteiger partial charge >= 0.3 is 12.2 Å². The molecule has 4 heterocycles. The van der Waals surface area contributed by atoms with E-state index in [0.29, 0.717) is 24.6 Å². The Labute approximate surface area is 171 Å². The number of alkyl halides is 3. The van der Waals surface area contributed by atoms with Crippen molar-refractivity contribution in [2.75, 3.05) is 26.2 Å². The number of likely N-dealkylation sites (tertiary alicyclic amines) is 2. The summed E-state index contributed by atoms with van der Waals surface area (Å²) in [5, 5.41) is 10.4. The van der Waals surface area contributed by atoms with Crippen LogP contribution in [0.25, 0.3) is 0 Å². The van der Waals surface area contributed by atoms with E-state index in [1.54, 1.807) is 7.05 Å². The summed E-state index contributed by atoms with van der Waals surface area (Å²) < 4.78 is 39.8. The highest BCUT2D eigenvalue weighted by Gasteiger charge is 2.54. The fraction of sp³-hybridized carbons (Fsp3) is 0.684. The third-order valence-corrected chi connectivity index (χ3v) is 6.81. The molecule has 2 aliphatic heterocycles. The highest BCUT2D eigenvalue weighted by Crippen LogP contribution is 2.53. The maximum absolute atomic E-state index is 12.8. The Morgan fingerprint density at radius 1 is 1.30 bits per heavy atom. The van der Waals surface area contributed by atoms with Crippen LogP contribution < -0.4 is 0 Å². The zero-order valence-corrected chi connectivity index (χ0v) is 16.7. The Morgan fingerprint density at radius 2 is 2.07 bits per heavy atom. The largest absolute Gasteiger partial charge is 0.435 e. The van der Waals surface area contributed by atoms with E-state index < -0.39 is 11.9 Å². The van der Waals surface area contributed by atoms with Crippen LogP contribution in [0.5, 0.6) is 0 Å². The number of hydrogen-bond acceptors (Lipinski definition) is 4. The number of nitrogens with one attached hydrogen (secondary N) is 1. The van der Waals surface area contributed by atoms with Crippen LogP contribution in [0.15, 0.2) is 12.4 Å². The maximum Gasteiger partial charge on any atom is 0.435 e. The SMILES string of the molecule is Cn1nc(C(F)(F)F)cc1CC1CC2(C1)CN(C(=O)N1CC[C@H](c3ncn[nH]3)C1)C2. The minimum Gasteiger partial charge on any atom is -0.324 e. The number of halogens is 3. The van der Waals surface area contributed by atoms with Crippen LogP contribution in [0.4, 0.5) is 18.0 Å². The van der Waals surface area contributed by atoms with Gasteiger partial charge in [0.2, 0.25) is 0 Å². The van der Waals surface area contributed by atoms with E-state index in [4.69, 9.17) is 0 Å². The number of carbonyl (C=O) groups is 1. The van der Waals surface area contributed by atoms with Gasteiger partial charge in [-0.1, -0.05) is 0 Å². The molecule has 2 amide bonds. The molecule has 8 nitrogen and oxygen atoms in total. The highest BCUT2D eigenvalue weighted by atomic mass is 19.4. The molecule has 30 heavy (non-hydrogen) atoms. The molecule has 0 unspecified atom stereocenters. The summed E-state index contributed by atoms with van der Waals surface area (Å²) in [5.41, 5.74) is -0.0656. The van der Waals surface area contributed by atoms with Gasteiger partial charge < -0.3 is 9.80 Å². The standard InChI is InChI=1S/C19H24F3N7O/c1-27-14(5-15(26-27)19(20,21)22)4-12-6-18(7-12)9-29(10-18)17(30)28-3-2-13(8-28)16-23-11-24-25-16/h5,11-13H,2-4,6-10H2,1H3,(H,23,24,25)/t13-/m0/s1. The minimum atomic E-state index is -4.41. The number of urea groups is 1. The number of rotatable bonds is 3. The molecule has 2 aromatic rings. The van der Waals surface area contributed by atoms with E-state index in [1.807, 2.05) is 9.80 Å². The molecule has 1 aliphatic carbocycles. The smallest absolute Gasteiger partial charge is 0.324 e. The highest BCUT2D eigenvalue weighted by molar-refractivity contribution is 5.76. The van der Waals surface area contributed by atoms with Crippen LogP contribution in [0.3, 0.4) is 0 Å². The van der Waals surface area contributed by atoms with Gasteiger partial charge in [0.05, 0.1) is 0 Å². The van der Waals surface area contributed by atoms with Gasteiger partial charge in [-0.25, -0.2) is 9.78 Å². The van der Waals surface area contributed by atoms with Crippen molar-refractivity contribution in [3.63, 3.8) is 0 Å². The molecule has 0 bridgehead atoms. The first kappa shape index (κ1) is 19.4. The maximum atomic E-state index is 12.8. The predicted molar refractivity (Wildman–Crippen MR) is 99.4 cm³/mol. The van der Waals surface area contributed by atoms with E-state index in [1.165, 1.54) is 11.0 Å². The van der Waals surface area contributed by atoms with E-state index in [2.05, 4.69) is 20.3 Å². The lowest BCUT2D eigenvalue weighted by atomic mass is 9.57. The lowest BCUT2D eigenvalue weighted by Crippen LogP contribution is -2.65. The number of carbonyl (C=O) groups excluding carboxylic acids is 1. The Hall–Kier alpha value is -2.59. The quantitative estimate of drug-likeness (QED) is 0.822. The van der Waals surface area contributed by atoms with Crippen molar-refractivity contribution in [3.8, 4) is 0 Å². The number of hydrogen-bond donors (Lipinski definition) is 1. The summed E-state index contributed by atoms with van der Waals surface area (Å²) in [7, 11) is 1.56. The Morgan fingerprint density at radius 3 is 2.70 bits per heavy atom. The number of H-pyrrole nitrogens is 1. The first-order valence-corrected chi connectivity index (χ1v) is 10.2. The molecule has 3 aliphatic rings. The van der Waals surface area contributed by atoms with Crippen molar-refractivity contribution in [2.45, 2.75) is 37.8 Å². The topological polar surface area (TPSA) is 82.9 Å². The Balaban J connectivity index is 1.10. The predicted octanol–water partition coefficient (Wildman–Crippen LogP) is 2.42. The van der Waals surface area contributed by atoms with Crippen LogP contribution >= 0.6 is 0 Å². The average molecular weight is 423 g/mol. The fourth-order valence-electron chi connectivity index (χ4n) is 5.37. The average Bonchev–Trinajstić information content (AvgIpc) is 3.35. The van der Waals surface area contributed by atoms with Crippen molar-refractivity contribution in [1.29, 1.82) is 0 Å². The first-order valence-electron chi connectivity index (χ1n) is 10.2. The molecule has 11 heteroatoms. The van der Waals surface area contributed by atoms with Crippen LogP contribution in [0.1, 0.15) is 42.4 Å². The lowest BCUT2D eigenvalue weighted by molar-refractivity contribution is -0.141. The fourth-order valence-corrected chi connectivity index (χ4v) is 5.37. The second-order valence-electron chi connectivity index (χ2n) is 9.06. The molecule has 2 saturated heterocycles. The number of aromatic nitrogens is 5. The summed E-state index contributed by atoms with van der Waals surface area (Å²) in [6.07, 6.45) is 0.454. The van der Waals surface area contributed by atoms with Gasteiger partial charge in [-0.15, -0.1) is 0 Å². The molecule has 1 saturated carbocycles. The number of nitrogens with zero attached hydrogens (tertiary/aromatic N) is 6. The van der Waals surface area contributed by atoms with Gasteiger partial charge in [-0.3, -0.25) is 9.78 Å². The zero-order valence-electron chi connectivity index (χ0n) is 16.7. The summed E-state index contributed by atoms with van der Waals surface area (Å²) >= 11 is 0. The van der Waals surface area contributed by atoms with Gasteiger partial charge in [-0.2, -0.15) is 23.4 Å². The van der Waals surface area contributed by atoms with Gasteiger partial charge in [0.15, 0.2) is 5.69 Å². The second kappa shape index (κ2) is 6.71. The molecule has 3 fully saturated rings. The number of aromatic amines is 1. The molecule has 1 spiro atoms. The molecule has 5 rings (SSSR count). The van der Waals surface area contributed by atoms with E-state index in [9.17, 15) is 18.0 Å². The monoisotopic (exact) mass is 423 g/mol.